The lowest BCUT2D eigenvalue weighted by molar-refractivity contribution is -0.148. The summed E-state index contributed by atoms with van der Waals surface area (Å²) in [6.07, 6.45) is 4.10. The molecule has 3 rings (SSSR count). The third kappa shape index (κ3) is 6.07. The second kappa shape index (κ2) is 9.73. The van der Waals surface area contributed by atoms with Crippen LogP contribution < -0.4 is 5.32 Å². The summed E-state index contributed by atoms with van der Waals surface area (Å²) in [4.78, 5) is 24.8. The van der Waals surface area contributed by atoms with Crippen LogP contribution in [-0.2, 0) is 20.7 Å². The Labute approximate surface area is 171 Å². The van der Waals surface area contributed by atoms with Gasteiger partial charge in [0, 0.05) is 18.1 Å². The van der Waals surface area contributed by atoms with Crippen molar-refractivity contribution in [1.29, 1.82) is 0 Å². The quantitative estimate of drug-likeness (QED) is 0.586. The molecule has 0 aliphatic heterocycles. The number of benzene rings is 2. The van der Waals surface area contributed by atoms with Crippen LogP contribution in [0.3, 0.4) is 0 Å². The van der Waals surface area contributed by atoms with Gasteiger partial charge in [0.25, 0.3) is 0 Å². The fourth-order valence-corrected chi connectivity index (χ4v) is 3.14. The van der Waals surface area contributed by atoms with Crippen LogP contribution in [0.1, 0.15) is 37.4 Å². The van der Waals surface area contributed by atoms with Crippen molar-refractivity contribution in [3.05, 3.63) is 90.3 Å². The Morgan fingerprint density at radius 2 is 1.59 bits per heavy atom. The van der Waals surface area contributed by atoms with Gasteiger partial charge in [-0.05, 0) is 49.2 Å². The lowest BCUT2D eigenvalue weighted by atomic mass is 10.0. The van der Waals surface area contributed by atoms with E-state index in [1.807, 2.05) is 97.5 Å². The first kappa shape index (κ1) is 20.4. The Hall–Kier alpha value is -3.34. The van der Waals surface area contributed by atoms with Gasteiger partial charge in [0.2, 0.25) is 5.91 Å². The summed E-state index contributed by atoms with van der Waals surface area (Å²) in [5.74, 6) is -0.463. The minimum Gasteiger partial charge on any atom is -0.463 e. The molecule has 150 valence electrons. The smallest absolute Gasteiger partial charge is 0.308 e. The van der Waals surface area contributed by atoms with Crippen molar-refractivity contribution in [3.8, 4) is 5.69 Å². The molecule has 29 heavy (non-hydrogen) atoms. The Balaban J connectivity index is 1.65. The van der Waals surface area contributed by atoms with E-state index in [2.05, 4.69) is 5.32 Å². The van der Waals surface area contributed by atoms with Crippen LogP contribution in [0.15, 0.2) is 79.1 Å². The maximum atomic E-state index is 12.6. The van der Waals surface area contributed by atoms with Gasteiger partial charge in [-0.1, -0.05) is 42.5 Å². The maximum Gasteiger partial charge on any atom is 0.308 e. The standard InChI is InChI=1S/C24H26N2O3/c1-18(2)29-24(28)17-22(20-8-4-3-5-9-20)25-23(27)16-19-10-12-21(13-11-19)26-14-6-7-15-26/h3-15,18,22H,16-17H2,1-2H3,(H,25,27). The van der Waals surface area contributed by atoms with Gasteiger partial charge in [-0.25, -0.2) is 0 Å². The zero-order chi connectivity index (χ0) is 20.6. The van der Waals surface area contributed by atoms with E-state index in [1.165, 1.54) is 0 Å². The summed E-state index contributed by atoms with van der Waals surface area (Å²) in [7, 11) is 0. The number of aromatic nitrogens is 1. The molecule has 0 bridgehead atoms. The number of hydrogen-bond donors (Lipinski definition) is 1. The highest BCUT2D eigenvalue weighted by atomic mass is 16.5. The summed E-state index contributed by atoms with van der Waals surface area (Å²) in [5, 5.41) is 2.98. The highest BCUT2D eigenvalue weighted by molar-refractivity contribution is 5.80. The van der Waals surface area contributed by atoms with E-state index < -0.39 is 6.04 Å². The third-order valence-electron chi connectivity index (χ3n) is 4.48. The van der Waals surface area contributed by atoms with Crippen molar-refractivity contribution in [2.45, 2.75) is 38.8 Å². The van der Waals surface area contributed by atoms with Gasteiger partial charge < -0.3 is 14.6 Å². The van der Waals surface area contributed by atoms with Crippen molar-refractivity contribution in [2.24, 2.45) is 0 Å². The lowest BCUT2D eigenvalue weighted by Crippen LogP contribution is -2.32. The molecule has 0 saturated carbocycles. The van der Waals surface area contributed by atoms with Gasteiger partial charge in [-0.15, -0.1) is 0 Å². The summed E-state index contributed by atoms with van der Waals surface area (Å²) in [5.41, 5.74) is 2.83. The van der Waals surface area contributed by atoms with Crippen molar-refractivity contribution in [1.82, 2.24) is 9.88 Å². The van der Waals surface area contributed by atoms with Crippen LogP contribution in [0.4, 0.5) is 0 Å². The molecule has 1 amide bonds. The number of carbonyl (C=O) groups excluding carboxylic acids is 2. The molecule has 0 aliphatic carbocycles. The minimum absolute atomic E-state index is 0.0977. The number of hydrogen-bond acceptors (Lipinski definition) is 3. The van der Waals surface area contributed by atoms with Gasteiger partial charge in [0.15, 0.2) is 0 Å². The molecule has 0 spiro atoms. The van der Waals surface area contributed by atoms with Crippen LogP contribution in [0.5, 0.6) is 0 Å². The number of rotatable bonds is 8. The second-order valence-corrected chi connectivity index (χ2v) is 7.21. The van der Waals surface area contributed by atoms with Crippen LogP contribution in [0, 0.1) is 0 Å². The number of nitrogens with zero attached hydrogens (tertiary/aromatic N) is 1. The first-order valence-electron chi connectivity index (χ1n) is 9.77. The van der Waals surface area contributed by atoms with Crippen molar-refractivity contribution < 1.29 is 14.3 Å². The Morgan fingerprint density at radius 3 is 2.21 bits per heavy atom. The minimum atomic E-state index is -0.422. The fraction of sp³-hybridized carbons (Fsp3) is 0.250. The Bertz CT molecular complexity index is 917. The van der Waals surface area contributed by atoms with Crippen LogP contribution in [0.25, 0.3) is 5.69 Å². The third-order valence-corrected chi connectivity index (χ3v) is 4.48. The normalized spacial score (nSPS) is 11.8. The number of esters is 1. The van der Waals surface area contributed by atoms with E-state index in [-0.39, 0.29) is 30.8 Å². The first-order chi connectivity index (χ1) is 14.0. The SMILES string of the molecule is CC(C)OC(=O)CC(NC(=O)Cc1ccc(-n2cccc2)cc1)c1ccccc1. The van der Waals surface area contributed by atoms with Crippen molar-refractivity contribution >= 4 is 11.9 Å². The molecule has 0 fully saturated rings. The second-order valence-electron chi connectivity index (χ2n) is 7.21. The molecule has 1 atom stereocenters. The van der Waals surface area contributed by atoms with E-state index in [9.17, 15) is 9.59 Å². The largest absolute Gasteiger partial charge is 0.463 e. The summed E-state index contributed by atoms with van der Waals surface area (Å²) in [6, 6.07) is 20.9. The van der Waals surface area contributed by atoms with Crippen molar-refractivity contribution in [3.63, 3.8) is 0 Å². The summed E-state index contributed by atoms with van der Waals surface area (Å²) >= 11 is 0. The van der Waals surface area contributed by atoms with E-state index in [1.54, 1.807) is 0 Å². The molecule has 1 aromatic heterocycles. The molecule has 0 radical (unpaired) electrons. The van der Waals surface area contributed by atoms with Gasteiger partial charge >= 0.3 is 5.97 Å². The maximum absolute atomic E-state index is 12.6. The molecular formula is C24H26N2O3. The molecule has 1 unspecified atom stereocenters. The average molecular weight is 390 g/mol. The molecule has 0 saturated heterocycles. The summed E-state index contributed by atoms with van der Waals surface area (Å²) in [6.45, 7) is 3.62. The summed E-state index contributed by atoms with van der Waals surface area (Å²) < 4.78 is 7.27. The van der Waals surface area contributed by atoms with Gasteiger partial charge in [-0.3, -0.25) is 9.59 Å². The van der Waals surface area contributed by atoms with E-state index in [4.69, 9.17) is 4.74 Å². The van der Waals surface area contributed by atoms with Crippen molar-refractivity contribution in [2.75, 3.05) is 0 Å². The van der Waals surface area contributed by atoms with Crippen LogP contribution in [-0.4, -0.2) is 22.5 Å². The predicted octanol–water partition coefficient (Wildman–Crippen LogP) is 4.22. The Morgan fingerprint density at radius 1 is 0.931 bits per heavy atom. The fourth-order valence-electron chi connectivity index (χ4n) is 3.14. The molecule has 3 aromatic rings. The van der Waals surface area contributed by atoms with E-state index >= 15 is 0 Å². The monoisotopic (exact) mass is 390 g/mol. The number of carbonyl (C=O) groups is 2. The molecular weight excluding hydrogens is 364 g/mol. The zero-order valence-electron chi connectivity index (χ0n) is 16.7. The molecule has 0 aliphatic rings. The zero-order valence-corrected chi connectivity index (χ0v) is 16.7. The topological polar surface area (TPSA) is 60.3 Å². The number of ether oxygens (including phenoxy) is 1. The Kier molecular flexibility index (Phi) is 6.85. The predicted molar refractivity (Wildman–Crippen MR) is 113 cm³/mol. The van der Waals surface area contributed by atoms with E-state index in [0.717, 1.165) is 16.8 Å². The van der Waals surface area contributed by atoms with Crippen LogP contribution in [0.2, 0.25) is 0 Å². The average Bonchev–Trinajstić information content (AvgIpc) is 3.23. The highest BCUT2D eigenvalue weighted by Gasteiger charge is 2.20. The van der Waals surface area contributed by atoms with Crippen LogP contribution >= 0.6 is 0 Å². The molecule has 2 aromatic carbocycles. The molecule has 1 N–H and O–H groups in total. The molecule has 1 heterocycles. The van der Waals surface area contributed by atoms with E-state index in [0.29, 0.717) is 0 Å². The number of amides is 1. The van der Waals surface area contributed by atoms with Gasteiger partial charge in [0.05, 0.1) is 25.0 Å². The van der Waals surface area contributed by atoms with Gasteiger partial charge in [0.1, 0.15) is 0 Å². The molecule has 5 heteroatoms. The first-order valence-corrected chi connectivity index (χ1v) is 9.77. The highest BCUT2D eigenvalue weighted by Crippen LogP contribution is 2.18. The van der Waals surface area contributed by atoms with Gasteiger partial charge in [-0.2, -0.15) is 0 Å². The molecule has 5 nitrogen and oxygen atoms in total. The number of nitrogens with one attached hydrogen (secondary N) is 1. The lowest BCUT2D eigenvalue weighted by Gasteiger charge is -2.19.